The maximum atomic E-state index is 14.2. The molecule has 19 heteroatoms. The Morgan fingerprint density at radius 3 is 2.25 bits per heavy atom. The fourth-order valence-electron chi connectivity index (χ4n) is 9.68. The number of halogens is 3. The molecule has 0 radical (unpaired) electrons. The SMILES string of the molecule is COc1cc2nc(C)nc(N[C@H](C)c3cc(N)cc(C(F)(F)F)c3)c2cc1C1CCN(C(=O)CCCCC(=O)N[C@H](C(=O)N2C[C@H](O)C[C@H]2C(=O)N[C@@H](C)c2ccc(-c3scnc3C)cc2)C(C)(C)C)CC1. The Morgan fingerprint density at radius 2 is 1.61 bits per heavy atom. The summed E-state index contributed by atoms with van der Waals surface area (Å²) >= 11 is 1.56. The minimum atomic E-state index is -4.55. The number of benzene rings is 3. The molecule has 6 N–H and O–H groups in total. The number of rotatable bonds is 16. The van der Waals surface area contributed by atoms with E-state index in [4.69, 9.17) is 10.5 Å². The van der Waals surface area contributed by atoms with Crippen molar-refractivity contribution in [2.24, 2.45) is 5.41 Å². The van der Waals surface area contributed by atoms with Crippen LogP contribution in [0, 0.1) is 19.3 Å². The molecule has 2 fully saturated rings. The Balaban J connectivity index is 0.904. The van der Waals surface area contributed by atoms with Crippen LogP contribution in [0.15, 0.2) is 60.1 Å². The van der Waals surface area contributed by atoms with Gasteiger partial charge < -0.3 is 41.3 Å². The van der Waals surface area contributed by atoms with E-state index in [1.165, 1.54) is 11.0 Å². The number of methoxy groups -OCH3 is 1. The molecule has 0 saturated carbocycles. The number of aliphatic hydroxyl groups is 1. The van der Waals surface area contributed by atoms with Gasteiger partial charge >= 0.3 is 6.18 Å². The summed E-state index contributed by atoms with van der Waals surface area (Å²) in [5, 5.41) is 20.6. The number of thiazole rings is 1. The van der Waals surface area contributed by atoms with Crippen LogP contribution in [0.5, 0.6) is 5.75 Å². The van der Waals surface area contributed by atoms with Gasteiger partial charge in [-0.1, -0.05) is 45.0 Å². The number of anilines is 2. The number of unbranched alkanes of at least 4 members (excludes halogenated alkanes) is 1. The van der Waals surface area contributed by atoms with Gasteiger partial charge in [0, 0.05) is 56.0 Å². The smallest absolute Gasteiger partial charge is 0.416 e. The van der Waals surface area contributed by atoms with Crippen LogP contribution in [0.1, 0.15) is 131 Å². The molecule has 72 heavy (non-hydrogen) atoms. The summed E-state index contributed by atoms with van der Waals surface area (Å²) in [5.74, 6) is 0.398. The van der Waals surface area contributed by atoms with E-state index in [0.29, 0.717) is 72.6 Å². The first-order valence-electron chi connectivity index (χ1n) is 24.5. The number of nitrogens with two attached hydrogens (primary N) is 1. The summed E-state index contributed by atoms with van der Waals surface area (Å²) in [4.78, 5) is 72.7. The van der Waals surface area contributed by atoms with Crippen molar-refractivity contribution >= 4 is 57.4 Å². The number of likely N-dealkylation sites (tertiary alicyclic amines) is 2. The Labute approximate surface area is 422 Å². The van der Waals surface area contributed by atoms with Gasteiger partial charge in [-0.25, -0.2) is 15.0 Å². The van der Waals surface area contributed by atoms with Crippen LogP contribution in [0.25, 0.3) is 21.3 Å². The molecule has 2 aliphatic rings. The lowest BCUT2D eigenvalue weighted by Crippen LogP contribution is -2.57. The fraction of sp³-hybridized carbons (Fsp3) is 0.491. The van der Waals surface area contributed by atoms with Crippen molar-refractivity contribution in [3.05, 3.63) is 93.9 Å². The largest absolute Gasteiger partial charge is 0.496 e. The average Bonchev–Trinajstić information content (AvgIpc) is 3.95. The van der Waals surface area contributed by atoms with Crippen LogP contribution < -0.4 is 26.4 Å². The molecular formula is C53H66F3N9O6S. The summed E-state index contributed by atoms with van der Waals surface area (Å²) in [6.07, 6.45) is -2.85. The molecule has 7 rings (SSSR count). The lowest BCUT2D eigenvalue weighted by Gasteiger charge is -2.35. The number of nitrogens with zero attached hydrogens (tertiary/aromatic N) is 5. The molecule has 3 aromatic carbocycles. The first-order chi connectivity index (χ1) is 34.0. The minimum Gasteiger partial charge on any atom is -0.496 e. The standard InChI is InChI=1S/C53H66F3N9O6S/c1-29(33-13-15-35(16-14-33)47-31(3)58-28-72-47)60-50(69)43-24-39(66)27-65(43)51(70)48(52(5,6)7)63-45(67)11-9-10-12-46(68)64-19-17-34(18-20-64)40-25-41-42(26-44(40)71-8)61-32(4)62-49(41)59-30(2)36-21-37(53(54,55)56)23-38(57)22-36/h13-16,21-23,25-26,28-30,34,39,43,48,66H,9-12,17-20,24,27,57H2,1-8H3,(H,60,69)(H,63,67)(H,59,61,62)/t29-,30+,39+,43-,48+/m0/s1. The number of hydrogen-bond donors (Lipinski definition) is 5. The number of nitrogens with one attached hydrogen (secondary N) is 3. The predicted octanol–water partition coefficient (Wildman–Crippen LogP) is 8.79. The lowest BCUT2D eigenvalue weighted by atomic mass is 9.85. The van der Waals surface area contributed by atoms with Gasteiger partial charge in [0.15, 0.2) is 0 Å². The topological polar surface area (TPSA) is 205 Å². The monoisotopic (exact) mass is 1010 g/mol. The number of fused-ring (bicyclic) bond motifs is 1. The lowest BCUT2D eigenvalue weighted by molar-refractivity contribution is -0.144. The zero-order valence-electron chi connectivity index (χ0n) is 42.2. The van der Waals surface area contributed by atoms with E-state index in [0.717, 1.165) is 39.4 Å². The van der Waals surface area contributed by atoms with Crippen LogP contribution in [0.3, 0.4) is 0 Å². The van der Waals surface area contributed by atoms with Crippen LogP contribution in [0.2, 0.25) is 0 Å². The van der Waals surface area contributed by atoms with Gasteiger partial charge in [-0.3, -0.25) is 19.2 Å². The van der Waals surface area contributed by atoms with Crippen molar-refractivity contribution in [2.45, 2.75) is 136 Å². The van der Waals surface area contributed by atoms with E-state index in [2.05, 4.69) is 30.9 Å². The molecule has 5 aromatic rings. The summed E-state index contributed by atoms with van der Waals surface area (Å²) in [5.41, 5.74) is 10.9. The predicted molar refractivity (Wildman–Crippen MR) is 272 cm³/mol. The van der Waals surface area contributed by atoms with Crippen molar-refractivity contribution in [3.8, 4) is 16.2 Å². The van der Waals surface area contributed by atoms with Gasteiger partial charge in [0.05, 0.1) is 52.5 Å². The highest BCUT2D eigenvalue weighted by Gasteiger charge is 2.45. The van der Waals surface area contributed by atoms with Crippen LogP contribution in [-0.4, -0.2) is 98.4 Å². The number of nitrogen functional groups attached to an aromatic ring is 1. The molecule has 2 saturated heterocycles. The normalized spacial score (nSPS) is 17.9. The summed E-state index contributed by atoms with van der Waals surface area (Å²) in [6, 6.07) is 12.3. The third kappa shape index (κ3) is 12.6. The minimum absolute atomic E-state index is 0.00302. The maximum absolute atomic E-state index is 14.2. The van der Waals surface area contributed by atoms with E-state index in [9.17, 15) is 37.5 Å². The van der Waals surface area contributed by atoms with Gasteiger partial charge in [-0.2, -0.15) is 13.2 Å². The molecular weight excluding hydrogens is 948 g/mol. The maximum Gasteiger partial charge on any atom is 0.416 e. The molecule has 5 atom stereocenters. The highest BCUT2D eigenvalue weighted by molar-refractivity contribution is 7.13. The molecule has 0 spiro atoms. The number of aliphatic hydroxyl groups excluding tert-OH is 1. The van der Waals surface area contributed by atoms with Gasteiger partial charge in [0.1, 0.15) is 29.5 Å². The molecule has 15 nitrogen and oxygen atoms in total. The second kappa shape index (κ2) is 22.2. The Hall–Kier alpha value is -6.34. The average molecular weight is 1010 g/mol. The number of aryl methyl sites for hydroxylation is 2. The molecule has 4 amide bonds. The van der Waals surface area contributed by atoms with E-state index in [1.807, 2.05) is 75.9 Å². The van der Waals surface area contributed by atoms with Gasteiger partial charge in [0.25, 0.3) is 0 Å². The number of hydrogen-bond acceptors (Lipinski definition) is 12. The zero-order chi connectivity index (χ0) is 52.2. The van der Waals surface area contributed by atoms with Crippen molar-refractivity contribution in [1.29, 1.82) is 0 Å². The Bertz CT molecular complexity index is 2770. The number of carbonyl (C=O) groups is 4. The Kier molecular flexibility index (Phi) is 16.5. The summed E-state index contributed by atoms with van der Waals surface area (Å²) in [7, 11) is 1.59. The van der Waals surface area contributed by atoms with Crippen molar-refractivity contribution in [2.75, 3.05) is 37.8 Å². The molecule has 4 heterocycles. The van der Waals surface area contributed by atoms with Gasteiger partial charge in [-0.15, -0.1) is 11.3 Å². The number of amides is 4. The van der Waals surface area contributed by atoms with Crippen LogP contribution in [0.4, 0.5) is 24.7 Å². The van der Waals surface area contributed by atoms with E-state index < -0.39 is 47.3 Å². The molecule has 0 unspecified atom stereocenters. The first kappa shape index (κ1) is 53.5. The van der Waals surface area contributed by atoms with Crippen molar-refractivity contribution < 1.29 is 42.2 Å². The fourth-order valence-corrected chi connectivity index (χ4v) is 10.5. The van der Waals surface area contributed by atoms with Crippen molar-refractivity contribution in [3.63, 3.8) is 0 Å². The number of alkyl halides is 3. The van der Waals surface area contributed by atoms with Crippen molar-refractivity contribution in [1.82, 2.24) is 35.4 Å². The first-order valence-corrected chi connectivity index (χ1v) is 25.4. The molecule has 0 aliphatic carbocycles. The van der Waals surface area contributed by atoms with Crippen LogP contribution in [-0.2, 0) is 25.4 Å². The van der Waals surface area contributed by atoms with E-state index in [1.54, 1.807) is 37.8 Å². The molecule has 2 aliphatic heterocycles. The van der Waals surface area contributed by atoms with E-state index >= 15 is 0 Å². The second-order valence-electron chi connectivity index (χ2n) is 20.2. The number of β-amino-alcohol motifs (C(OH)–C–C–N with tert-alkyl or cyclic N) is 1. The number of carbonyl (C=O) groups excluding carboxylic acids is 4. The molecule has 0 bridgehead atoms. The number of ether oxygens (including phenoxy) is 1. The highest BCUT2D eigenvalue weighted by Crippen LogP contribution is 2.40. The summed E-state index contributed by atoms with van der Waals surface area (Å²) in [6.45, 7) is 13.8. The quantitative estimate of drug-likeness (QED) is 0.0467. The highest BCUT2D eigenvalue weighted by atomic mass is 32.1. The third-order valence-corrected chi connectivity index (χ3v) is 14.7. The van der Waals surface area contributed by atoms with E-state index in [-0.39, 0.29) is 61.2 Å². The zero-order valence-corrected chi connectivity index (χ0v) is 43.0. The Morgan fingerprint density at radius 1 is 0.917 bits per heavy atom. The number of piperidine rings is 1. The second-order valence-corrected chi connectivity index (χ2v) is 21.1. The molecule has 2 aromatic heterocycles. The van der Waals surface area contributed by atoms with Gasteiger partial charge in [0.2, 0.25) is 23.6 Å². The number of aromatic nitrogens is 3. The third-order valence-electron chi connectivity index (χ3n) is 13.7. The molecule has 386 valence electrons. The summed E-state index contributed by atoms with van der Waals surface area (Å²) < 4.78 is 46.7. The van der Waals surface area contributed by atoms with Gasteiger partial charge in [-0.05, 0) is 111 Å². The van der Waals surface area contributed by atoms with Crippen LogP contribution >= 0.6 is 11.3 Å².